The summed E-state index contributed by atoms with van der Waals surface area (Å²) < 4.78 is 11.4. The summed E-state index contributed by atoms with van der Waals surface area (Å²) in [6.07, 6.45) is 6.93. The molecule has 6 heteroatoms. The van der Waals surface area contributed by atoms with Crippen LogP contribution >= 0.6 is 0 Å². The molecule has 0 atom stereocenters. The van der Waals surface area contributed by atoms with Gasteiger partial charge in [0.2, 0.25) is 5.91 Å². The number of aromatic nitrogens is 2. The zero-order valence-corrected chi connectivity index (χ0v) is 15.3. The molecular weight excluding hydrogens is 354 g/mol. The predicted octanol–water partition coefficient (Wildman–Crippen LogP) is 3.71. The molecule has 2 aliphatic rings. The molecule has 3 aromatic rings. The summed E-state index contributed by atoms with van der Waals surface area (Å²) in [5.41, 5.74) is 4.85. The lowest BCUT2D eigenvalue weighted by Gasteiger charge is -2.20. The maximum absolute atomic E-state index is 11.9. The van der Waals surface area contributed by atoms with Crippen molar-refractivity contribution in [3.8, 4) is 33.9 Å². The summed E-state index contributed by atoms with van der Waals surface area (Å²) in [5, 5.41) is 0. The van der Waals surface area contributed by atoms with Gasteiger partial charge in [-0.2, -0.15) is 0 Å². The van der Waals surface area contributed by atoms with Gasteiger partial charge in [0.1, 0.15) is 13.2 Å². The van der Waals surface area contributed by atoms with Crippen molar-refractivity contribution in [1.82, 2.24) is 9.97 Å². The van der Waals surface area contributed by atoms with Crippen molar-refractivity contribution in [2.45, 2.75) is 12.8 Å². The summed E-state index contributed by atoms with van der Waals surface area (Å²) in [7, 11) is 0. The standard InChI is InChI=1S/C22H19N3O3/c26-20-2-1-9-25(20)18-5-3-15(4-6-18)16-12-17(14-23-13-16)19-7-8-24-22-21(19)27-10-11-28-22/h3-8,12-14H,1-2,9-11H2. The average Bonchev–Trinajstić information content (AvgIpc) is 3.19. The minimum Gasteiger partial charge on any atom is -0.484 e. The van der Waals surface area contributed by atoms with Crippen LogP contribution in [-0.2, 0) is 4.79 Å². The van der Waals surface area contributed by atoms with Gasteiger partial charge in [-0.05, 0) is 36.2 Å². The van der Waals surface area contributed by atoms with E-state index in [9.17, 15) is 4.79 Å². The number of hydrogen-bond donors (Lipinski definition) is 0. The van der Waals surface area contributed by atoms with Crippen molar-refractivity contribution in [2.75, 3.05) is 24.7 Å². The summed E-state index contributed by atoms with van der Waals surface area (Å²) in [6, 6.07) is 12.0. The molecular formula is C22H19N3O3. The van der Waals surface area contributed by atoms with Crippen LogP contribution < -0.4 is 14.4 Å². The molecule has 1 saturated heterocycles. The van der Waals surface area contributed by atoms with Crippen LogP contribution in [0, 0.1) is 0 Å². The fourth-order valence-electron chi connectivity index (χ4n) is 3.68. The highest BCUT2D eigenvalue weighted by molar-refractivity contribution is 5.95. The Morgan fingerprint density at radius 3 is 2.57 bits per heavy atom. The maximum Gasteiger partial charge on any atom is 0.257 e. The van der Waals surface area contributed by atoms with Gasteiger partial charge in [-0.25, -0.2) is 4.98 Å². The van der Waals surface area contributed by atoms with Gasteiger partial charge in [0.15, 0.2) is 5.75 Å². The second kappa shape index (κ2) is 6.96. The zero-order chi connectivity index (χ0) is 18.9. The molecule has 1 amide bonds. The van der Waals surface area contributed by atoms with Crippen LogP contribution in [-0.4, -0.2) is 35.6 Å². The van der Waals surface area contributed by atoms with Gasteiger partial charge in [-0.3, -0.25) is 9.78 Å². The lowest BCUT2D eigenvalue weighted by Crippen LogP contribution is -2.23. The summed E-state index contributed by atoms with van der Waals surface area (Å²) in [5.74, 6) is 1.38. The molecule has 1 fully saturated rings. The number of nitrogens with zero attached hydrogens (tertiary/aromatic N) is 3. The fourth-order valence-corrected chi connectivity index (χ4v) is 3.68. The fraction of sp³-hybridized carbons (Fsp3) is 0.227. The van der Waals surface area contributed by atoms with E-state index in [-0.39, 0.29) is 5.91 Å². The van der Waals surface area contributed by atoms with E-state index in [0.717, 1.165) is 40.9 Å². The molecule has 4 heterocycles. The number of amides is 1. The van der Waals surface area contributed by atoms with Crippen LogP contribution in [0.15, 0.2) is 55.0 Å². The molecule has 0 aliphatic carbocycles. The summed E-state index contributed by atoms with van der Waals surface area (Å²) in [6.45, 7) is 1.81. The lowest BCUT2D eigenvalue weighted by molar-refractivity contribution is -0.117. The molecule has 0 N–H and O–H groups in total. The number of hydrogen-bond acceptors (Lipinski definition) is 5. The molecule has 0 spiro atoms. The van der Waals surface area contributed by atoms with E-state index < -0.39 is 0 Å². The highest BCUT2D eigenvalue weighted by Crippen LogP contribution is 2.39. The molecule has 2 aromatic heterocycles. The highest BCUT2D eigenvalue weighted by atomic mass is 16.6. The first-order chi connectivity index (χ1) is 13.8. The largest absolute Gasteiger partial charge is 0.484 e. The molecule has 0 bridgehead atoms. The number of ether oxygens (including phenoxy) is 2. The normalized spacial score (nSPS) is 15.7. The summed E-state index contributed by atoms with van der Waals surface area (Å²) >= 11 is 0. The number of anilines is 1. The first-order valence-corrected chi connectivity index (χ1v) is 9.40. The number of rotatable bonds is 3. The van der Waals surface area contributed by atoms with Crippen LogP contribution in [0.2, 0.25) is 0 Å². The Kier molecular flexibility index (Phi) is 4.16. The van der Waals surface area contributed by atoms with Gasteiger partial charge in [-0.15, -0.1) is 0 Å². The minimum atomic E-state index is 0.195. The van der Waals surface area contributed by atoms with Crippen LogP contribution in [0.3, 0.4) is 0 Å². The SMILES string of the molecule is O=C1CCCN1c1ccc(-c2cncc(-c3ccnc4c3OCCO4)c2)cc1. The van der Waals surface area contributed by atoms with Crippen molar-refractivity contribution in [3.05, 3.63) is 55.0 Å². The molecule has 0 saturated carbocycles. The number of carbonyl (C=O) groups excluding carboxylic acids is 1. The molecule has 140 valence electrons. The van der Waals surface area contributed by atoms with Gasteiger partial charge in [-0.1, -0.05) is 12.1 Å². The second-order valence-electron chi connectivity index (χ2n) is 6.85. The molecule has 5 rings (SSSR count). The number of benzene rings is 1. The van der Waals surface area contributed by atoms with Crippen molar-refractivity contribution in [1.29, 1.82) is 0 Å². The number of carbonyl (C=O) groups is 1. The number of fused-ring (bicyclic) bond motifs is 1. The maximum atomic E-state index is 11.9. The third-order valence-corrected chi connectivity index (χ3v) is 5.08. The second-order valence-corrected chi connectivity index (χ2v) is 6.85. The Balaban J connectivity index is 1.47. The lowest BCUT2D eigenvalue weighted by atomic mass is 10.0. The monoisotopic (exact) mass is 373 g/mol. The van der Waals surface area contributed by atoms with Crippen LogP contribution in [0.1, 0.15) is 12.8 Å². The van der Waals surface area contributed by atoms with E-state index in [4.69, 9.17) is 9.47 Å². The highest BCUT2D eigenvalue weighted by Gasteiger charge is 2.22. The van der Waals surface area contributed by atoms with E-state index in [1.807, 2.05) is 47.6 Å². The van der Waals surface area contributed by atoms with Gasteiger partial charge >= 0.3 is 0 Å². The molecule has 1 aromatic carbocycles. The Bertz CT molecular complexity index is 1030. The van der Waals surface area contributed by atoms with Gasteiger partial charge < -0.3 is 14.4 Å². The average molecular weight is 373 g/mol. The first-order valence-electron chi connectivity index (χ1n) is 9.40. The van der Waals surface area contributed by atoms with E-state index in [0.29, 0.717) is 31.3 Å². The van der Waals surface area contributed by atoms with Crippen molar-refractivity contribution in [3.63, 3.8) is 0 Å². The zero-order valence-electron chi connectivity index (χ0n) is 15.3. The summed E-state index contributed by atoms with van der Waals surface area (Å²) in [4.78, 5) is 22.4. The third kappa shape index (κ3) is 2.97. The minimum absolute atomic E-state index is 0.195. The topological polar surface area (TPSA) is 64.6 Å². The first kappa shape index (κ1) is 16.7. The van der Waals surface area contributed by atoms with E-state index in [1.165, 1.54) is 0 Å². The molecule has 2 aliphatic heterocycles. The molecule has 0 unspecified atom stereocenters. The molecule has 28 heavy (non-hydrogen) atoms. The Hall–Kier alpha value is -3.41. The van der Waals surface area contributed by atoms with Crippen molar-refractivity contribution >= 4 is 11.6 Å². The molecule has 0 radical (unpaired) electrons. The predicted molar refractivity (Wildman–Crippen MR) is 105 cm³/mol. The van der Waals surface area contributed by atoms with Gasteiger partial charge in [0.05, 0.1) is 0 Å². The number of pyridine rings is 2. The van der Waals surface area contributed by atoms with Crippen molar-refractivity contribution in [2.24, 2.45) is 0 Å². The van der Waals surface area contributed by atoms with E-state index >= 15 is 0 Å². The quantitative estimate of drug-likeness (QED) is 0.700. The van der Waals surface area contributed by atoms with E-state index in [1.54, 1.807) is 6.20 Å². The van der Waals surface area contributed by atoms with Gasteiger partial charge in [0.25, 0.3) is 5.88 Å². The van der Waals surface area contributed by atoms with Crippen molar-refractivity contribution < 1.29 is 14.3 Å². The van der Waals surface area contributed by atoms with Gasteiger partial charge in [0, 0.05) is 53.9 Å². The van der Waals surface area contributed by atoms with Crippen LogP contribution in [0.5, 0.6) is 11.6 Å². The molecule has 6 nitrogen and oxygen atoms in total. The Morgan fingerprint density at radius 2 is 1.75 bits per heavy atom. The van der Waals surface area contributed by atoms with E-state index in [2.05, 4.69) is 16.0 Å². The van der Waals surface area contributed by atoms with Crippen LogP contribution in [0.25, 0.3) is 22.3 Å². The van der Waals surface area contributed by atoms with Crippen LogP contribution in [0.4, 0.5) is 5.69 Å². The Morgan fingerprint density at radius 1 is 0.929 bits per heavy atom. The third-order valence-electron chi connectivity index (χ3n) is 5.08. The smallest absolute Gasteiger partial charge is 0.257 e. The Labute approximate surface area is 162 Å².